The van der Waals surface area contributed by atoms with Crippen LogP contribution in [0.4, 0.5) is 10.3 Å². The van der Waals surface area contributed by atoms with Crippen molar-refractivity contribution in [2.75, 3.05) is 5.73 Å². The normalized spacial score (nSPS) is 19.9. The van der Waals surface area contributed by atoms with Crippen molar-refractivity contribution in [2.24, 2.45) is 5.16 Å². The Labute approximate surface area is 115 Å². The summed E-state index contributed by atoms with van der Waals surface area (Å²) in [5, 5.41) is 12.4. The topological polar surface area (TPSA) is 84.4 Å². The molecular formula is C14H13FN4O. The van der Waals surface area contributed by atoms with E-state index < -0.39 is 0 Å². The van der Waals surface area contributed by atoms with E-state index in [2.05, 4.69) is 15.1 Å². The van der Waals surface area contributed by atoms with Gasteiger partial charge in [-0.25, -0.2) is 14.4 Å². The Kier molecular flexibility index (Phi) is 3.06. The van der Waals surface area contributed by atoms with Crippen molar-refractivity contribution < 1.29 is 9.60 Å². The third-order valence-electron chi connectivity index (χ3n) is 3.54. The summed E-state index contributed by atoms with van der Waals surface area (Å²) in [5.74, 6) is -0.223. The third kappa shape index (κ3) is 2.09. The largest absolute Gasteiger partial charge is 0.411 e. The standard InChI is InChI=1S/C14H13FN4O/c15-11-4-2-1-3-9(11)8-5-12-10(13(6-8)19-20)7-17-14(16)18-12/h1-4,7-8,20H,5-6H2,(H2,16,17,18)/b19-13+. The summed E-state index contributed by atoms with van der Waals surface area (Å²) in [6.07, 6.45) is 2.53. The number of aromatic nitrogens is 2. The van der Waals surface area contributed by atoms with Gasteiger partial charge in [-0.1, -0.05) is 23.4 Å². The molecule has 0 radical (unpaired) electrons. The summed E-state index contributed by atoms with van der Waals surface area (Å²) in [6, 6.07) is 6.61. The molecule has 1 aromatic heterocycles. The Morgan fingerprint density at radius 1 is 1.30 bits per heavy atom. The molecule has 1 aromatic carbocycles. The molecule has 0 aliphatic heterocycles. The van der Waals surface area contributed by atoms with Crippen molar-refractivity contribution in [3.63, 3.8) is 0 Å². The molecule has 3 N–H and O–H groups in total. The van der Waals surface area contributed by atoms with Crippen LogP contribution in [-0.2, 0) is 6.42 Å². The molecular weight excluding hydrogens is 259 g/mol. The van der Waals surface area contributed by atoms with Crippen molar-refractivity contribution >= 4 is 11.7 Å². The van der Waals surface area contributed by atoms with E-state index in [1.54, 1.807) is 24.4 Å². The predicted molar refractivity (Wildman–Crippen MR) is 72.2 cm³/mol. The van der Waals surface area contributed by atoms with Crippen LogP contribution in [0.15, 0.2) is 35.6 Å². The smallest absolute Gasteiger partial charge is 0.220 e. The summed E-state index contributed by atoms with van der Waals surface area (Å²) in [6.45, 7) is 0. The van der Waals surface area contributed by atoms with Gasteiger partial charge in [0, 0.05) is 18.2 Å². The van der Waals surface area contributed by atoms with Crippen LogP contribution in [0.1, 0.15) is 29.2 Å². The maximum atomic E-state index is 13.9. The number of rotatable bonds is 1. The fraction of sp³-hybridized carbons (Fsp3) is 0.214. The Bertz CT molecular complexity index is 687. The first-order valence-corrected chi connectivity index (χ1v) is 6.26. The molecule has 1 atom stereocenters. The first kappa shape index (κ1) is 12.5. The zero-order chi connectivity index (χ0) is 14.1. The minimum Gasteiger partial charge on any atom is -0.411 e. The van der Waals surface area contributed by atoms with Crippen LogP contribution in [0, 0.1) is 5.82 Å². The molecule has 102 valence electrons. The van der Waals surface area contributed by atoms with Crippen molar-refractivity contribution in [3.05, 3.63) is 53.1 Å². The van der Waals surface area contributed by atoms with E-state index in [1.807, 2.05) is 0 Å². The van der Waals surface area contributed by atoms with Crippen molar-refractivity contribution in [2.45, 2.75) is 18.8 Å². The molecule has 0 spiro atoms. The first-order chi connectivity index (χ1) is 9.69. The van der Waals surface area contributed by atoms with Gasteiger partial charge in [0.05, 0.1) is 11.4 Å². The fourth-order valence-electron chi connectivity index (χ4n) is 2.60. The van der Waals surface area contributed by atoms with Gasteiger partial charge in [0.2, 0.25) is 5.95 Å². The Morgan fingerprint density at radius 3 is 2.85 bits per heavy atom. The van der Waals surface area contributed by atoms with Gasteiger partial charge in [-0.2, -0.15) is 0 Å². The lowest BCUT2D eigenvalue weighted by atomic mass is 9.81. The van der Waals surface area contributed by atoms with Gasteiger partial charge < -0.3 is 10.9 Å². The van der Waals surface area contributed by atoms with E-state index in [0.717, 1.165) is 0 Å². The van der Waals surface area contributed by atoms with E-state index in [4.69, 9.17) is 10.9 Å². The fourth-order valence-corrected chi connectivity index (χ4v) is 2.60. The second-order valence-electron chi connectivity index (χ2n) is 4.76. The Balaban J connectivity index is 2.05. The maximum absolute atomic E-state index is 13.9. The monoisotopic (exact) mass is 272 g/mol. The number of halogens is 1. The molecule has 1 heterocycles. The van der Waals surface area contributed by atoms with Crippen LogP contribution in [0.2, 0.25) is 0 Å². The second kappa shape index (κ2) is 4.88. The van der Waals surface area contributed by atoms with E-state index in [1.165, 1.54) is 6.07 Å². The number of hydrogen-bond acceptors (Lipinski definition) is 5. The van der Waals surface area contributed by atoms with Gasteiger partial charge in [0.1, 0.15) is 5.82 Å². The average Bonchev–Trinajstić information content (AvgIpc) is 2.46. The number of nitrogens with zero attached hydrogens (tertiary/aromatic N) is 3. The van der Waals surface area contributed by atoms with Gasteiger partial charge in [-0.3, -0.25) is 0 Å². The predicted octanol–water partition coefficient (Wildman–Crippen LogP) is 2.11. The number of nitrogen functional groups attached to an aromatic ring is 1. The molecule has 3 rings (SSSR count). The first-order valence-electron chi connectivity index (χ1n) is 6.26. The second-order valence-corrected chi connectivity index (χ2v) is 4.76. The number of fused-ring (bicyclic) bond motifs is 1. The average molecular weight is 272 g/mol. The van der Waals surface area contributed by atoms with E-state index in [0.29, 0.717) is 35.4 Å². The summed E-state index contributed by atoms with van der Waals surface area (Å²) in [4.78, 5) is 8.08. The Morgan fingerprint density at radius 2 is 2.10 bits per heavy atom. The highest BCUT2D eigenvalue weighted by molar-refractivity contribution is 6.02. The SMILES string of the molecule is Nc1ncc2c(n1)CC(c1ccccc1F)C/C2=N\O. The van der Waals surface area contributed by atoms with Crippen LogP contribution < -0.4 is 5.73 Å². The molecule has 0 bridgehead atoms. The number of benzene rings is 1. The molecule has 0 amide bonds. The molecule has 0 fully saturated rings. The lowest BCUT2D eigenvalue weighted by Crippen LogP contribution is -2.22. The summed E-state index contributed by atoms with van der Waals surface area (Å²) in [5.41, 5.74) is 8.00. The molecule has 1 aliphatic rings. The molecule has 0 saturated heterocycles. The maximum Gasteiger partial charge on any atom is 0.220 e. The number of oxime groups is 1. The summed E-state index contributed by atoms with van der Waals surface area (Å²) >= 11 is 0. The molecule has 6 heteroatoms. The quantitative estimate of drug-likeness (QED) is 0.615. The molecule has 5 nitrogen and oxygen atoms in total. The van der Waals surface area contributed by atoms with Crippen LogP contribution in [0.5, 0.6) is 0 Å². The number of anilines is 1. The summed E-state index contributed by atoms with van der Waals surface area (Å²) < 4.78 is 13.9. The van der Waals surface area contributed by atoms with Crippen LogP contribution in [0.25, 0.3) is 0 Å². The van der Waals surface area contributed by atoms with Gasteiger partial charge in [-0.15, -0.1) is 0 Å². The van der Waals surface area contributed by atoms with E-state index >= 15 is 0 Å². The zero-order valence-electron chi connectivity index (χ0n) is 10.6. The highest BCUT2D eigenvalue weighted by Gasteiger charge is 2.28. The lowest BCUT2D eigenvalue weighted by molar-refractivity contribution is 0.316. The highest BCUT2D eigenvalue weighted by atomic mass is 19.1. The molecule has 2 aromatic rings. The van der Waals surface area contributed by atoms with Crippen molar-refractivity contribution in [1.29, 1.82) is 0 Å². The van der Waals surface area contributed by atoms with Crippen LogP contribution in [0.3, 0.4) is 0 Å². The molecule has 1 unspecified atom stereocenters. The van der Waals surface area contributed by atoms with Crippen molar-refractivity contribution in [3.8, 4) is 0 Å². The number of hydrogen-bond donors (Lipinski definition) is 2. The van der Waals surface area contributed by atoms with E-state index in [-0.39, 0.29) is 17.7 Å². The van der Waals surface area contributed by atoms with Gasteiger partial charge in [-0.05, 0) is 24.0 Å². The Hall–Kier alpha value is -2.50. The molecule has 1 aliphatic carbocycles. The van der Waals surface area contributed by atoms with Crippen LogP contribution in [-0.4, -0.2) is 20.9 Å². The number of nitrogens with two attached hydrogens (primary N) is 1. The zero-order valence-corrected chi connectivity index (χ0v) is 10.6. The lowest BCUT2D eigenvalue weighted by Gasteiger charge is -2.24. The van der Waals surface area contributed by atoms with Crippen molar-refractivity contribution in [1.82, 2.24) is 9.97 Å². The van der Waals surface area contributed by atoms with Gasteiger partial charge in [0.15, 0.2) is 0 Å². The molecule has 0 saturated carbocycles. The van der Waals surface area contributed by atoms with E-state index in [9.17, 15) is 4.39 Å². The third-order valence-corrected chi connectivity index (χ3v) is 3.54. The van der Waals surface area contributed by atoms with Crippen LogP contribution >= 0.6 is 0 Å². The van der Waals surface area contributed by atoms with Gasteiger partial charge in [0.25, 0.3) is 0 Å². The van der Waals surface area contributed by atoms with Gasteiger partial charge >= 0.3 is 0 Å². The summed E-state index contributed by atoms with van der Waals surface area (Å²) in [7, 11) is 0. The highest BCUT2D eigenvalue weighted by Crippen LogP contribution is 2.33. The minimum absolute atomic E-state index is 0.121. The molecule has 20 heavy (non-hydrogen) atoms. The minimum atomic E-state index is -0.264.